The van der Waals surface area contributed by atoms with E-state index in [4.69, 9.17) is 14.2 Å². The summed E-state index contributed by atoms with van der Waals surface area (Å²) in [6.45, 7) is 2.24. The Kier molecular flexibility index (Phi) is 4.89. The van der Waals surface area contributed by atoms with Crippen molar-refractivity contribution in [3.8, 4) is 17.2 Å². The Balaban J connectivity index is 1.66. The van der Waals surface area contributed by atoms with Crippen LogP contribution in [0.4, 0.5) is 0 Å². The van der Waals surface area contributed by atoms with Gasteiger partial charge in [-0.3, -0.25) is 4.79 Å². The van der Waals surface area contributed by atoms with E-state index in [2.05, 4.69) is 5.32 Å². The van der Waals surface area contributed by atoms with Crippen LogP contribution < -0.4 is 19.5 Å². The molecule has 1 aliphatic rings. The molecule has 5 heteroatoms. The van der Waals surface area contributed by atoms with Crippen molar-refractivity contribution in [2.45, 2.75) is 25.5 Å². The summed E-state index contributed by atoms with van der Waals surface area (Å²) in [5.41, 5.74) is 1.03. The van der Waals surface area contributed by atoms with Crippen LogP contribution in [0, 0.1) is 0 Å². The van der Waals surface area contributed by atoms with Crippen molar-refractivity contribution < 1.29 is 19.0 Å². The van der Waals surface area contributed by atoms with Crippen molar-refractivity contribution >= 4 is 5.91 Å². The van der Waals surface area contributed by atoms with Crippen molar-refractivity contribution in [2.24, 2.45) is 0 Å². The molecule has 0 radical (unpaired) electrons. The van der Waals surface area contributed by atoms with Gasteiger partial charge >= 0.3 is 0 Å². The number of carbonyl (C=O) groups is 1. The first-order valence-electron chi connectivity index (χ1n) is 8.04. The van der Waals surface area contributed by atoms with Crippen molar-refractivity contribution in [1.29, 1.82) is 0 Å². The number of carbonyl (C=O) groups excluding carboxylic acids is 1. The van der Waals surface area contributed by atoms with E-state index >= 15 is 0 Å². The molecule has 0 spiro atoms. The first-order chi connectivity index (χ1) is 11.7. The Hall–Kier alpha value is -2.69. The SMILES string of the molecule is CCC(NC(=O)C1COc2ccccc2O1)c1ccc(OC)cc1. The fourth-order valence-corrected chi connectivity index (χ4v) is 2.67. The fraction of sp³-hybridized carbons (Fsp3) is 0.316. The topological polar surface area (TPSA) is 56.8 Å². The molecule has 0 bridgehead atoms. The second-order valence-electron chi connectivity index (χ2n) is 5.61. The second kappa shape index (κ2) is 7.25. The van der Waals surface area contributed by atoms with Gasteiger partial charge in [0.1, 0.15) is 12.4 Å². The van der Waals surface area contributed by atoms with Gasteiger partial charge in [-0.15, -0.1) is 0 Å². The molecule has 0 saturated carbocycles. The largest absolute Gasteiger partial charge is 0.497 e. The van der Waals surface area contributed by atoms with Gasteiger partial charge in [0.25, 0.3) is 5.91 Å². The maximum atomic E-state index is 12.5. The zero-order valence-corrected chi connectivity index (χ0v) is 13.8. The Labute approximate surface area is 141 Å². The molecule has 5 nitrogen and oxygen atoms in total. The highest BCUT2D eigenvalue weighted by Gasteiger charge is 2.28. The lowest BCUT2D eigenvalue weighted by Gasteiger charge is -2.27. The van der Waals surface area contributed by atoms with Crippen LogP contribution in [0.5, 0.6) is 17.2 Å². The molecule has 1 N–H and O–H groups in total. The van der Waals surface area contributed by atoms with Crippen molar-refractivity contribution in [1.82, 2.24) is 5.32 Å². The molecule has 0 fully saturated rings. The molecule has 0 aromatic heterocycles. The number of hydrogen-bond donors (Lipinski definition) is 1. The molecule has 0 saturated heterocycles. The standard InChI is InChI=1S/C19H21NO4/c1-3-15(13-8-10-14(22-2)11-9-13)20-19(21)18-12-23-16-6-4-5-7-17(16)24-18/h4-11,15,18H,3,12H2,1-2H3,(H,20,21). The second-order valence-corrected chi connectivity index (χ2v) is 5.61. The molecule has 3 rings (SSSR count). The summed E-state index contributed by atoms with van der Waals surface area (Å²) in [6.07, 6.45) is 0.134. The number of methoxy groups -OCH3 is 1. The van der Waals surface area contributed by atoms with E-state index in [1.165, 1.54) is 0 Å². The van der Waals surface area contributed by atoms with Crippen molar-refractivity contribution in [3.63, 3.8) is 0 Å². The summed E-state index contributed by atoms with van der Waals surface area (Å²) in [7, 11) is 1.63. The fourth-order valence-electron chi connectivity index (χ4n) is 2.67. The summed E-state index contributed by atoms with van der Waals surface area (Å²) in [5.74, 6) is 1.89. The number of para-hydroxylation sites is 2. The Bertz CT molecular complexity index is 699. The first-order valence-corrected chi connectivity index (χ1v) is 8.04. The van der Waals surface area contributed by atoms with Crippen LogP contribution in [0.15, 0.2) is 48.5 Å². The van der Waals surface area contributed by atoms with Gasteiger partial charge in [-0.2, -0.15) is 0 Å². The van der Waals surface area contributed by atoms with Crippen LogP contribution in [0.3, 0.4) is 0 Å². The predicted molar refractivity (Wildman–Crippen MR) is 90.5 cm³/mol. The van der Waals surface area contributed by atoms with Gasteiger partial charge in [-0.1, -0.05) is 31.2 Å². The number of ether oxygens (including phenoxy) is 3. The average Bonchev–Trinajstić information content (AvgIpc) is 2.65. The molecule has 24 heavy (non-hydrogen) atoms. The third-order valence-electron chi connectivity index (χ3n) is 4.04. The lowest BCUT2D eigenvalue weighted by atomic mass is 10.0. The number of rotatable bonds is 5. The van der Waals surface area contributed by atoms with Crippen LogP contribution >= 0.6 is 0 Å². The van der Waals surface area contributed by atoms with Crippen molar-refractivity contribution in [2.75, 3.05) is 13.7 Å². The number of benzene rings is 2. The van der Waals surface area contributed by atoms with E-state index in [9.17, 15) is 4.79 Å². The van der Waals surface area contributed by atoms with Crippen LogP contribution in [-0.4, -0.2) is 25.7 Å². The van der Waals surface area contributed by atoms with Gasteiger partial charge < -0.3 is 19.5 Å². The Morgan fingerprint density at radius 3 is 2.58 bits per heavy atom. The zero-order valence-electron chi connectivity index (χ0n) is 13.8. The van der Waals surface area contributed by atoms with Crippen LogP contribution in [-0.2, 0) is 4.79 Å². The molecular formula is C19H21NO4. The maximum absolute atomic E-state index is 12.5. The van der Waals surface area contributed by atoms with E-state index in [0.717, 1.165) is 17.7 Å². The van der Waals surface area contributed by atoms with E-state index in [1.54, 1.807) is 13.2 Å². The molecule has 1 heterocycles. The minimum Gasteiger partial charge on any atom is -0.497 e. The maximum Gasteiger partial charge on any atom is 0.265 e. The van der Waals surface area contributed by atoms with Gasteiger partial charge in [0.15, 0.2) is 11.5 Å². The molecule has 126 valence electrons. The van der Waals surface area contributed by atoms with Gasteiger partial charge in [0, 0.05) is 0 Å². The molecular weight excluding hydrogens is 306 g/mol. The van der Waals surface area contributed by atoms with E-state index in [-0.39, 0.29) is 18.6 Å². The molecule has 1 aliphatic heterocycles. The van der Waals surface area contributed by atoms with E-state index in [0.29, 0.717) is 11.5 Å². The average molecular weight is 327 g/mol. The quantitative estimate of drug-likeness (QED) is 0.917. The van der Waals surface area contributed by atoms with E-state index in [1.807, 2.05) is 49.4 Å². The van der Waals surface area contributed by atoms with Crippen LogP contribution in [0.1, 0.15) is 24.9 Å². The lowest BCUT2D eigenvalue weighted by Crippen LogP contribution is -2.45. The Morgan fingerprint density at radius 1 is 1.21 bits per heavy atom. The minimum atomic E-state index is -0.646. The summed E-state index contributed by atoms with van der Waals surface area (Å²) in [6, 6.07) is 15.0. The molecule has 1 amide bonds. The highest BCUT2D eigenvalue weighted by molar-refractivity contribution is 5.82. The van der Waals surface area contributed by atoms with Gasteiger partial charge in [0.2, 0.25) is 6.10 Å². The predicted octanol–water partition coefficient (Wildman–Crippen LogP) is 3.10. The van der Waals surface area contributed by atoms with Gasteiger partial charge in [-0.25, -0.2) is 0 Å². The normalized spacial score (nSPS) is 17.0. The molecule has 2 aromatic carbocycles. The summed E-state index contributed by atoms with van der Waals surface area (Å²) < 4.78 is 16.5. The van der Waals surface area contributed by atoms with Gasteiger partial charge in [0.05, 0.1) is 13.2 Å². The highest BCUT2D eigenvalue weighted by atomic mass is 16.6. The summed E-state index contributed by atoms with van der Waals surface area (Å²) >= 11 is 0. The molecule has 2 aromatic rings. The lowest BCUT2D eigenvalue weighted by molar-refractivity contribution is -0.131. The summed E-state index contributed by atoms with van der Waals surface area (Å²) in [4.78, 5) is 12.5. The van der Waals surface area contributed by atoms with Crippen LogP contribution in [0.2, 0.25) is 0 Å². The minimum absolute atomic E-state index is 0.0795. The molecule has 2 unspecified atom stereocenters. The smallest absolute Gasteiger partial charge is 0.265 e. The molecule has 0 aliphatic carbocycles. The third-order valence-corrected chi connectivity index (χ3v) is 4.04. The monoisotopic (exact) mass is 327 g/mol. The van der Waals surface area contributed by atoms with E-state index < -0.39 is 6.10 Å². The highest BCUT2D eigenvalue weighted by Crippen LogP contribution is 2.31. The van der Waals surface area contributed by atoms with Crippen molar-refractivity contribution in [3.05, 3.63) is 54.1 Å². The number of fused-ring (bicyclic) bond motifs is 1. The van der Waals surface area contributed by atoms with Gasteiger partial charge in [-0.05, 0) is 36.2 Å². The third kappa shape index (κ3) is 3.45. The first kappa shape index (κ1) is 16.2. The number of amides is 1. The Morgan fingerprint density at radius 2 is 1.92 bits per heavy atom. The zero-order chi connectivity index (χ0) is 16.9. The molecule has 2 atom stereocenters. The van der Waals surface area contributed by atoms with Crippen LogP contribution in [0.25, 0.3) is 0 Å². The number of hydrogen-bond acceptors (Lipinski definition) is 4. The summed E-state index contributed by atoms with van der Waals surface area (Å²) in [5, 5.41) is 3.04. The number of nitrogens with one attached hydrogen (secondary N) is 1.